The first-order valence-corrected chi connectivity index (χ1v) is 7.53. The number of fused-ring (bicyclic) bond motifs is 1. The van der Waals surface area contributed by atoms with E-state index in [1.54, 1.807) is 35.2 Å². The van der Waals surface area contributed by atoms with Crippen LogP contribution in [0.15, 0.2) is 30.0 Å². The van der Waals surface area contributed by atoms with Crippen molar-refractivity contribution >= 4 is 22.6 Å². The molecule has 6 heteroatoms. The number of hydrogen-bond donors (Lipinski definition) is 0. The quantitative estimate of drug-likeness (QED) is 0.680. The molecular weight excluding hydrogens is 286 g/mol. The third-order valence-electron chi connectivity index (χ3n) is 3.31. The lowest BCUT2D eigenvalue weighted by atomic mass is 10.2. The number of Topliss-reactive ketones (excluding diaryl/α,β-unsaturated/α-hetero) is 1. The summed E-state index contributed by atoms with van der Waals surface area (Å²) in [5.74, 6) is 0.752. The Balaban J connectivity index is 1.70. The second-order valence-corrected chi connectivity index (χ2v) is 5.71. The van der Waals surface area contributed by atoms with Crippen molar-refractivity contribution in [3.8, 4) is 5.75 Å². The molecule has 0 aromatic carbocycles. The van der Waals surface area contributed by atoms with Gasteiger partial charge in [0.1, 0.15) is 5.75 Å². The molecule has 0 amide bonds. The number of ether oxygens (including phenoxy) is 1. The largest absolute Gasteiger partial charge is 0.492 e. The topological polar surface area (TPSA) is 56.5 Å². The lowest BCUT2D eigenvalue weighted by Gasteiger charge is -2.06. The fourth-order valence-corrected chi connectivity index (χ4v) is 2.91. The van der Waals surface area contributed by atoms with E-state index in [1.165, 1.54) is 4.88 Å². The molecule has 0 saturated heterocycles. The Bertz CT molecular complexity index is 791. The van der Waals surface area contributed by atoms with Crippen LogP contribution in [0.2, 0.25) is 0 Å². The summed E-state index contributed by atoms with van der Waals surface area (Å²) < 4.78 is 7.42. The van der Waals surface area contributed by atoms with Gasteiger partial charge in [-0.3, -0.25) is 4.79 Å². The molecule has 3 aromatic heterocycles. The van der Waals surface area contributed by atoms with Gasteiger partial charge >= 0.3 is 0 Å². The van der Waals surface area contributed by atoms with Gasteiger partial charge in [0.25, 0.3) is 0 Å². The smallest absolute Gasteiger partial charge is 0.163 e. The highest BCUT2D eigenvalue weighted by Crippen LogP contribution is 2.18. The van der Waals surface area contributed by atoms with E-state index >= 15 is 0 Å². The Labute approximate surface area is 126 Å². The van der Waals surface area contributed by atoms with Gasteiger partial charge < -0.3 is 4.74 Å². The molecule has 0 aliphatic rings. The van der Waals surface area contributed by atoms with Crippen molar-refractivity contribution in [2.24, 2.45) is 0 Å². The number of hydrogen-bond acceptors (Lipinski definition) is 5. The minimum Gasteiger partial charge on any atom is -0.492 e. The predicted octanol–water partition coefficient (Wildman–Crippen LogP) is 2.92. The van der Waals surface area contributed by atoms with E-state index in [1.807, 2.05) is 24.6 Å². The number of carbonyl (C=O) groups is 1. The van der Waals surface area contributed by atoms with E-state index in [9.17, 15) is 4.79 Å². The Morgan fingerprint density at radius 1 is 1.43 bits per heavy atom. The summed E-state index contributed by atoms with van der Waals surface area (Å²) in [7, 11) is 0. The average Bonchev–Trinajstić information content (AvgIpc) is 3.05. The first-order valence-electron chi connectivity index (χ1n) is 6.65. The predicted molar refractivity (Wildman–Crippen MR) is 81.2 cm³/mol. The zero-order valence-corrected chi connectivity index (χ0v) is 12.7. The van der Waals surface area contributed by atoms with Crippen LogP contribution in [0.5, 0.6) is 5.75 Å². The minimum atomic E-state index is 0.0133. The van der Waals surface area contributed by atoms with Gasteiger partial charge in [0.05, 0.1) is 41.3 Å². The first-order chi connectivity index (χ1) is 10.1. The molecule has 0 bridgehead atoms. The molecule has 108 valence electrons. The number of thiazole rings is 1. The highest BCUT2D eigenvalue weighted by molar-refractivity contribution is 7.09. The molecule has 0 spiro atoms. The maximum Gasteiger partial charge on any atom is 0.163 e. The summed E-state index contributed by atoms with van der Waals surface area (Å²) in [5, 5.41) is 4.18. The van der Waals surface area contributed by atoms with Gasteiger partial charge in [0.2, 0.25) is 0 Å². The molecule has 0 saturated carbocycles. The van der Waals surface area contributed by atoms with Crippen LogP contribution < -0.4 is 4.74 Å². The number of carbonyl (C=O) groups excluding carboxylic acids is 1. The third kappa shape index (κ3) is 2.80. The van der Waals surface area contributed by atoms with Crippen molar-refractivity contribution in [2.75, 3.05) is 6.61 Å². The van der Waals surface area contributed by atoms with E-state index < -0.39 is 0 Å². The maximum atomic E-state index is 11.5. The number of pyridine rings is 1. The Hall–Kier alpha value is -2.21. The normalized spacial score (nSPS) is 11.0. The zero-order chi connectivity index (χ0) is 14.8. The molecule has 0 radical (unpaired) electrons. The summed E-state index contributed by atoms with van der Waals surface area (Å²) in [6, 6.07) is 3.72. The highest BCUT2D eigenvalue weighted by atomic mass is 32.1. The number of aryl methyl sites for hydroxylation is 1. The van der Waals surface area contributed by atoms with Crippen LogP contribution in [-0.2, 0) is 6.42 Å². The maximum absolute atomic E-state index is 11.5. The van der Waals surface area contributed by atoms with Gasteiger partial charge in [-0.1, -0.05) is 0 Å². The third-order valence-corrected chi connectivity index (χ3v) is 4.31. The molecule has 5 nitrogen and oxygen atoms in total. The Morgan fingerprint density at radius 3 is 3.00 bits per heavy atom. The van der Waals surface area contributed by atoms with Crippen LogP contribution in [0.3, 0.4) is 0 Å². The van der Waals surface area contributed by atoms with Crippen molar-refractivity contribution in [2.45, 2.75) is 20.3 Å². The average molecular weight is 301 g/mol. The number of aromatic nitrogens is 3. The van der Waals surface area contributed by atoms with E-state index in [0.717, 1.165) is 23.4 Å². The van der Waals surface area contributed by atoms with Gasteiger partial charge in [-0.15, -0.1) is 11.3 Å². The van der Waals surface area contributed by atoms with Crippen molar-refractivity contribution in [1.29, 1.82) is 0 Å². The summed E-state index contributed by atoms with van der Waals surface area (Å²) in [4.78, 5) is 16.9. The van der Waals surface area contributed by atoms with Crippen molar-refractivity contribution < 1.29 is 9.53 Å². The van der Waals surface area contributed by atoms with Gasteiger partial charge in [-0.25, -0.2) is 9.50 Å². The lowest BCUT2D eigenvalue weighted by Crippen LogP contribution is -2.02. The SMILES string of the molecule is CC(=O)c1cnn2cc(OCCc3scnc3C)ccc12. The lowest BCUT2D eigenvalue weighted by molar-refractivity contribution is 0.101. The van der Waals surface area contributed by atoms with Gasteiger partial charge in [-0.05, 0) is 26.0 Å². The van der Waals surface area contributed by atoms with Crippen LogP contribution >= 0.6 is 11.3 Å². The molecule has 3 aromatic rings. The molecule has 0 fully saturated rings. The van der Waals surface area contributed by atoms with Crippen LogP contribution in [0.25, 0.3) is 5.52 Å². The number of ketones is 1. The highest BCUT2D eigenvalue weighted by Gasteiger charge is 2.09. The molecule has 0 atom stereocenters. The molecule has 0 N–H and O–H groups in total. The van der Waals surface area contributed by atoms with Gasteiger partial charge in [0, 0.05) is 11.3 Å². The first kappa shape index (κ1) is 13.8. The van der Waals surface area contributed by atoms with E-state index in [0.29, 0.717) is 12.2 Å². The van der Waals surface area contributed by atoms with E-state index in [4.69, 9.17) is 4.74 Å². The molecule has 3 heterocycles. The molecular formula is C15H15N3O2S. The van der Waals surface area contributed by atoms with E-state index in [-0.39, 0.29) is 5.78 Å². The fraction of sp³-hybridized carbons (Fsp3) is 0.267. The summed E-state index contributed by atoms with van der Waals surface area (Å²) >= 11 is 1.65. The molecule has 0 aliphatic carbocycles. The molecule has 0 aliphatic heterocycles. The summed E-state index contributed by atoms with van der Waals surface area (Å²) in [6.07, 6.45) is 4.22. The fourth-order valence-electron chi connectivity index (χ4n) is 2.15. The van der Waals surface area contributed by atoms with Gasteiger partial charge in [-0.2, -0.15) is 5.10 Å². The second-order valence-electron chi connectivity index (χ2n) is 4.77. The van der Waals surface area contributed by atoms with Crippen LogP contribution in [0.4, 0.5) is 0 Å². The number of nitrogens with zero attached hydrogens (tertiary/aromatic N) is 3. The standard InChI is InChI=1S/C15H15N3O2S/c1-10-15(21-9-16-10)5-6-20-12-3-4-14-13(11(2)19)7-17-18(14)8-12/h3-4,7-9H,5-6H2,1-2H3. The van der Waals surface area contributed by atoms with Crippen LogP contribution in [0.1, 0.15) is 27.9 Å². The second kappa shape index (κ2) is 5.65. The Morgan fingerprint density at radius 2 is 2.29 bits per heavy atom. The minimum absolute atomic E-state index is 0.0133. The van der Waals surface area contributed by atoms with Crippen molar-refractivity contribution in [3.05, 3.63) is 46.2 Å². The van der Waals surface area contributed by atoms with Crippen molar-refractivity contribution in [1.82, 2.24) is 14.6 Å². The number of rotatable bonds is 5. The van der Waals surface area contributed by atoms with Crippen molar-refractivity contribution in [3.63, 3.8) is 0 Å². The summed E-state index contributed by atoms with van der Waals surface area (Å²) in [6.45, 7) is 4.14. The van der Waals surface area contributed by atoms with E-state index in [2.05, 4.69) is 10.1 Å². The molecule has 3 rings (SSSR count). The molecule has 21 heavy (non-hydrogen) atoms. The zero-order valence-electron chi connectivity index (χ0n) is 11.9. The Kier molecular flexibility index (Phi) is 3.70. The summed E-state index contributed by atoms with van der Waals surface area (Å²) in [5.41, 5.74) is 4.34. The van der Waals surface area contributed by atoms with Gasteiger partial charge in [0.15, 0.2) is 5.78 Å². The van der Waals surface area contributed by atoms with Crippen LogP contribution in [0, 0.1) is 6.92 Å². The van der Waals surface area contributed by atoms with Crippen LogP contribution in [-0.4, -0.2) is 27.0 Å². The molecule has 0 unspecified atom stereocenters. The monoisotopic (exact) mass is 301 g/mol.